The van der Waals surface area contributed by atoms with E-state index < -0.39 is 7.32 Å². The van der Waals surface area contributed by atoms with Crippen molar-refractivity contribution in [3.63, 3.8) is 0 Å². The van der Waals surface area contributed by atoms with E-state index in [-0.39, 0.29) is 58.8 Å². The van der Waals surface area contributed by atoms with Crippen molar-refractivity contribution in [3.05, 3.63) is 7.43 Å². The number of ether oxygens (including phenoxy) is 1. The van der Waals surface area contributed by atoms with Gasteiger partial charge in [0, 0.05) is 13.1 Å². The Bertz CT molecular complexity index is 60.2. The topological polar surface area (TPSA) is 82.0 Å². The van der Waals surface area contributed by atoms with Crippen LogP contribution in [0.15, 0.2) is 0 Å². The number of rotatable bonds is 0. The minimum Gasteiger partial charge on any atom is -0.402 e. The zero-order valence-corrected chi connectivity index (χ0v) is 10.8. The average molecular weight is 203 g/mol. The van der Waals surface area contributed by atoms with E-state index in [1.807, 2.05) is 0 Å². The van der Waals surface area contributed by atoms with Crippen molar-refractivity contribution in [1.29, 1.82) is 0 Å². The largest absolute Gasteiger partial charge is 1.00 e. The summed E-state index contributed by atoms with van der Waals surface area (Å²) in [6.45, 7) is 3.83. The van der Waals surface area contributed by atoms with Gasteiger partial charge >= 0.3 is 58.7 Å². The molecule has 1 saturated heterocycles. The van der Waals surface area contributed by atoms with Crippen LogP contribution in [0.25, 0.3) is 0 Å². The molecule has 0 aliphatic carbocycles. The smallest absolute Gasteiger partial charge is 0.402 e. The van der Waals surface area contributed by atoms with Crippen molar-refractivity contribution in [3.8, 4) is 0 Å². The predicted octanol–water partition coefficient (Wildman–Crippen LogP) is -4.99. The van der Waals surface area contributed by atoms with Crippen LogP contribution in [0.4, 0.5) is 0 Å². The average Bonchev–Trinajstić information content (AvgIpc) is 1.90. The maximum absolute atomic E-state index is 7.17. The molecule has 0 aromatic heterocycles. The molecule has 1 heterocycles. The van der Waals surface area contributed by atoms with Crippen molar-refractivity contribution >= 4 is 7.32 Å². The van der Waals surface area contributed by atoms with Gasteiger partial charge in [0.2, 0.25) is 0 Å². The van der Waals surface area contributed by atoms with Crippen molar-refractivity contribution in [1.82, 2.24) is 5.32 Å². The molecule has 0 aromatic carbocycles. The van der Waals surface area contributed by atoms with E-state index in [4.69, 9.17) is 19.8 Å². The van der Waals surface area contributed by atoms with Crippen molar-refractivity contribution in [2.75, 3.05) is 26.3 Å². The van der Waals surface area contributed by atoms with Crippen molar-refractivity contribution < 1.29 is 71.2 Å². The van der Waals surface area contributed by atoms with Gasteiger partial charge in [-0.3, -0.25) is 0 Å². The predicted molar refractivity (Wildman–Crippen MR) is 42.5 cm³/mol. The fourth-order valence-electron chi connectivity index (χ4n) is 0.516. The minimum absolute atomic E-state index is 0. The van der Waals surface area contributed by atoms with E-state index in [2.05, 4.69) is 5.32 Å². The first-order valence-corrected chi connectivity index (χ1v) is 3.06. The normalized spacial score (nSPS) is 14.2. The van der Waals surface area contributed by atoms with Crippen LogP contribution in [0.5, 0.6) is 0 Å². The Morgan fingerprint density at radius 3 is 1.50 bits per heavy atom. The molecule has 0 amide bonds. The monoisotopic (exact) mass is 203 g/mol. The standard InChI is InChI=1S/C4H9NO.CH3.BH3O3.K/c1-3-6-4-2-5-1;;2-1(3)4;/h5H,1-4H2;1H3;2-4H;/q;-1;;+1. The van der Waals surface area contributed by atoms with Crippen LogP contribution in [0.2, 0.25) is 0 Å². The van der Waals surface area contributed by atoms with Crippen LogP contribution in [-0.2, 0) is 4.74 Å². The minimum atomic E-state index is -2.17. The van der Waals surface area contributed by atoms with Gasteiger partial charge in [-0.05, 0) is 0 Å². The third-order valence-corrected chi connectivity index (χ3v) is 0.846. The number of hydrogen-bond donors (Lipinski definition) is 4. The molecule has 0 spiro atoms. The third kappa shape index (κ3) is 22.5. The molecule has 1 rings (SSSR count). The molecule has 1 fully saturated rings. The summed E-state index contributed by atoms with van der Waals surface area (Å²) in [4.78, 5) is 0. The molecule has 0 atom stereocenters. The second-order valence-electron chi connectivity index (χ2n) is 1.71. The van der Waals surface area contributed by atoms with E-state index in [9.17, 15) is 0 Å². The Labute approximate surface area is 116 Å². The van der Waals surface area contributed by atoms with E-state index in [0.717, 1.165) is 26.3 Å². The molecule has 12 heavy (non-hydrogen) atoms. The summed E-state index contributed by atoms with van der Waals surface area (Å²) in [5.74, 6) is 0. The summed E-state index contributed by atoms with van der Waals surface area (Å²) in [7, 11) is -2.17. The van der Waals surface area contributed by atoms with E-state index in [1.165, 1.54) is 0 Å². The summed E-state index contributed by atoms with van der Waals surface area (Å²) in [5, 5.41) is 24.7. The molecular weight excluding hydrogens is 188 g/mol. The summed E-state index contributed by atoms with van der Waals surface area (Å²) in [5.41, 5.74) is 0. The first kappa shape index (κ1) is 19.1. The molecule has 0 radical (unpaired) electrons. The van der Waals surface area contributed by atoms with Crippen LogP contribution in [0.3, 0.4) is 0 Å². The second kappa shape index (κ2) is 15.0. The van der Waals surface area contributed by atoms with Crippen LogP contribution in [-0.4, -0.2) is 48.7 Å². The third-order valence-electron chi connectivity index (χ3n) is 0.846. The quantitative estimate of drug-likeness (QED) is 0.234. The molecule has 68 valence electrons. The Kier molecular flexibility index (Phi) is 23.9. The Balaban J connectivity index is -0.000000124. The summed E-state index contributed by atoms with van der Waals surface area (Å²) in [6.07, 6.45) is 0. The van der Waals surface area contributed by atoms with Crippen LogP contribution < -0.4 is 56.7 Å². The zero-order chi connectivity index (χ0) is 7.82. The molecule has 0 saturated carbocycles. The first-order chi connectivity index (χ1) is 4.73. The summed E-state index contributed by atoms with van der Waals surface area (Å²) in [6, 6.07) is 0. The number of hydrogen-bond acceptors (Lipinski definition) is 5. The van der Waals surface area contributed by atoms with Gasteiger partial charge in [0.05, 0.1) is 13.2 Å². The maximum Gasteiger partial charge on any atom is 1.00 e. The van der Waals surface area contributed by atoms with Crippen LogP contribution >= 0.6 is 0 Å². The molecule has 0 unspecified atom stereocenters. The Hall–Kier alpha value is 1.50. The molecule has 4 N–H and O–H groups in total. The SMILES string of the molecule is C1COCCN1.OB(O)O.[CH3-].[K+]. The molecule has 5 nitrogen and oxygen atoms in total. The molecule has 7 heteroatoms. The van der Waals surface area contributed by atoms with Gasteiger partial charge in [0.15, 0.2) is 0 Å². The Morgan fingerprint density at radius 2 is 1.42 bits per heavy atom. The van der Waals surface area contributed by atoms with Gasteiger partial charge < -0.3 is 32.6 Å². The second-order valence-corrected chi connectivity index (χ2v) is 1.71. The maximum atomic E-state index is 7.17. The fraction of sp³-hybridized carbons (Fsp3) is 0.800. The van der Waals surface area contributed by atoms with Gasteiger partial charge in [-0.1, -0.05) is 0 Å². The molecular formula is C5H15BKNO4. The summed E-state index contributed by atoms with van der Waals surface area (Å²) >= 11 is 0. The molecule has 1 aliphatic rings. The number of nitrogens with one attached hydrogen (secondary N) is 1. The van der Waals surface area contributed by atoms with Gasteiger partial charge in [-0.25, -0.2) is 0 Å². The van der Waals surface area contributed by atoms with Gasteiger partial charge in [-0.15, -0.1) is 0 Å². The van der Waals surface area contributed by atoms with Gasteiger partial charge in [0.25, 0.3) is 0 Å². The molecule has 0 bridgehead atoms. The Morgan fingerprint density at radius 1 is 1.08 bits per heavy atom. The zero-order valence-electron chi connectivity index (χ0n) is 7.66. The van der Waals surface area contributed by atoms with Crippen LogP contribution in [0, 0.1) is 7.43 Å². The number of morpholine rings is 1. The van der Waals surface area contributed by atoms with Gasteiger partial charge in [-0.2, -0.15) is 0 Å². The van der Waals surface area contributed by atoms with Gasteiger partial charge in [0.1, 0.15) is 0 Å². The molecule has 0 aromatic rings. The molecule has 1 aliphatic heterocycles. The first-order valence-electron chi connectivity index (χ1n) is 3.06. The van der Waals surface area contributed by atoms with Crippen molar-refractivity contribution in [2.45, 2.75) is 0 Å². The fourth-order valence-corrected chi connectivity index (χ4v) is 0.516. The van der Waals surface area contributed by atoms with E-state index in [0.29, 0.717) is 0 Å². The van der Waals surface area contributed by atoms with Crippen LogP contribution in [0.1, 0.15) is 0 Å². The van der Waals surface area contributed by atoms with E-state index >= 15 is 0 Å². The van der Waals surface area contributed by atoms with Crippen molar-refractivity contribution in [2.24, 2.45) is 0 Å². The summed E-state index contributed by atoms with van der Waals surface area (Å²) < 4.78 is 5.01. The van der Waals surface area contributed by atoms with E-state index in [1.54, 1.807) is 0 Å².